The van der Waals surface area contributed by atoms with E-state index in [1.165, 1.54) is 12.1 Å². The van der Waals surface area contributed by atoms with Gasteiger partial charge in [-0.25, -0.2) is 22.4 Å². The molecule has 4 rings (SSSR count). The molecule has 1 aliphatic rings. The van der Waals surface area contributed by atoms with Crippen LogP contribution in [0, 0.1) is 28.9 Å². The number of fused-ring (bicyclic) bond motifs is 1. The van der Waals surface area contributed by atoms with Gasteiger partial charge in [0.1, 0.15) is 17.0 Å². The quantitative estimate of drug-likeness (QED) is 0.147. The lowest BCUT2D eigenvalue weighted by Crippen LogP contribution is -2.34. The van der Waals surface area contributed by atoms with Crippen LogP contribution >= 0.6 is 37.9 Å². The van der Waals surface area contributed by atoms with Crippen molar-refractivity contribution in [3.8, 4) is 11.8 Å². The Kier molecular flexibility index (Phi) is 7.19. The minimum absolute atomic E-state index is 0.147. The highest BCUT2D eigenvalue weighted by Crippen LogP contribution is 2.57. The number of thiol groups is 3. The van der Waals surface area contributed by atoms with Crippen LogP contribution in [0.15, 0.2) is 41.2 Å². The van der Waals surface area contributed by atoms with E-state index in [4.69, 9.17) is 0 Å². The van der Waals surface area contributed by atoms with Crippen LogP contribution in [0.25, 0.3) is 10.9 Å². The smallest absolute Gasteiger partial charge is 0.320 e. The van der Waals surface area contributed by atoms with Crippen molar-refractivity contribution in [1.29, 1.82) is 0 Å². The zero-order valence-electron chi connectivity index (χ0n) is 18.4. The second-order valence-electron chi connectivity index (χ2n) is 8.32. The van der Waals surface area contributed by atoms with E-state index < -0.39 is 56.6 Å². The van der Waals surface area contributed by atoms with Crippen LogP contribution in [0.3, 0.4) is 0 Å². The molecule has 0 radical (unpaired) electrons. The summed E-state index contributed by atoms with van der Waals surface area (Å²) in [6, 6.07) is 6.23. The third-order valence-electron chi connectivity index (χ3n) is 5.66. The van der Waals surface area contributed by atoms with Crippen LogP contribution in [-0.2, 0) is 3.54 Å². The van der Waals surface area contributed by atoms with Gasteiger partial charge >= 0.3 is 11.9 Å². The summed E-state index contributed by atoms with van der Waals surface area (Å²) in [6.07, 6.45) is -8.07. The van der Waals surface area contributed by atoms with Gasteiger partial charge < -0.3 is 4.90 Å². The fourth-order valence-corrected chi connectivity index (χ4v) is 4.34. The summed E-state index contributed by atoms with van der Waals surface area (Å²) in [5.41, 5.74) is -3.99. The summed E-state index contributed by atoms with van der Waals surface area (Å²) in [4.78, 5) is 17.3. The lowest BCUT2D eigenvalue weighted by atomic mass is 10.1. The van der Waals surface area contributed by atoms with Crippen LogP contribution in [-0.4, -0.2) is 28.7 Å². The molecule has 0 amide bonds. The summed E-state index contributed by atoms with van der Waals surface area (Å²) in [7, 11) is 0. The molecule has 1 aliphatic carbocycles. The first-order valence-electron chi connectivity index (χ1n) is 10.5. The van der Waals surface area contributed by atoms with Crippen LogP contribution in [0.2, 0.25) is 0 Å². The maximum absolute atomic E-state index is 15.0. The van der Waals surface area contributed by atoms with Gasteiger partial charge in [0.2, 0.25) is 0 Å². The summed E-state index contributed by atoms with van der Waals surface area (Å²) < 4.78 is 95.6. The Morgan fingerprint density at radius 1 is 1.11 bits per heavy atom. The number of anilines is 2. The molecule has 196 valence electrons. The molecule has 0 aliphatic heterocycles. The molecular weight excluding hydrogens is 563 g/mol. The fraction of sp³-hybridized carbons (Fsp3) is 0.304. The second-order valence-corrected chi connectivity index (χ2v) is 11.3. The average Bonchev–Trinajstić information content (AvgIpc) is 3.55. The predicted octanol–water partition coefficient (Wildman–Crippen LogP) is 6.13. The van der Waals surface area contributed by atoms with E-state index in [1.807, 2.05) is 0 Å². The highest BCUT2D eigenvalue weighted by atomic mass is 32.2. The monoisotopic (exact) mass is 579 g/mol. The van der Waals surface area contributed by atoms with Crippen molar-refractivity contribution in [1.82, 2.24) is 9.55 Å². The van der Waals surface area contributed by atoms with E-state index in [0.29, 0.717) is 4.90 Å². The van der Waals surface area contributed by atoms with E-state index in [1.54, 1.807) is 0 Å². The molecule has 0 bridgehead atoms. The van der Waals surface area contributed by atoms with Crippen molar-refractivity contribution < 1.29 is 30.7 Å². The summed E-state index contributed by atoms with van der Waals surface area (Å²) in [5, 5.41) is -0.393. The molecule has 3 aromatic rings. The SMILES string of the molecule is O=c1nc(N(CC(F)F)c2cc(F)cc(C#CC3(C(F)(F)F)CC3)c2)c2c(F)cccc2n1C(S)(S)S. The molecule has 2 aromatic carbocycles. The number of alkyl halides is 5. The van der Waals surface area contributed by atoms with Gasteiger partial charge in [0.05, 0.1) is 17.4 Å². The molecule has 37 heavy (non-hydrogen) atoms. The number of benzene rings is 2. The highest BCUT2D eigenvalue weighted by molar-refractivity contribution is 8.15. The van der Waals surface area contributed by atoms with E-state index >= 15 is 4.39 Å². The average molecular weight is 580 g/mol. The summed E-state index contributed by atoms with van der Waals surface area (Å²) in [6.45, 7) is -1.16. The molecular formula is C23H16F7N3OS3. The summed E-state index contributed by atoms with van der Waals surface area (Å²) in [5.74, 6) is 1.84. The van der Waals surface area contributed by atoms with E-state index in [9.17, 15) is 31.1 Å². The molecule has 4 nitrogen and oxygen atoms in total. The summed E-state index contributed by atoms with van der Waals surface area (Å²) >= 11 is 12.3. The Bertz CT molecular complexity index is 1490. The van der Waals surface area contributed by atoms with Gasteiger partial charge in [-0.3, -0.25) is 4.57 Å². The van der Waals surface area contributed by atoms with E-state index in [0.717, 1.165) is 28.8 Å². The highest BCUT2D eigenvalue weighted by Gasteiger charge is 2.62. The standard InChI is InChI=1S/C23H16F7N3OS3/c24-13-8-12(4-5-21(6-7-21)22(28,29)30)9-14(10-13)32(11-17(26)27)19-18-15(25)2-1-3-16(18)33(20(34)31-19)23(35,36)37/h1-3,8-10,17,35-37H,6-7,11H2. The van der Waals surface area contributed by atoms with Gasteiger partial charge in [0.25, 0.3) is 6.43 Å². The van der Waals surface area contributed by atoms with Gasteiger partial charge in [0, 0.05) is 11.3 Å². The van der Waals surface area contributed by atoms with Gasteiger partial charge in [-0.15, -0.1) is 37.9 Å². The molecule has 0 unspecified atom stereocenters. The zero-order valence-corrected chi connectivity index (χ0v) is 21.1. The van der Waals surface area contributed by atoms with Gasteiger partial charge in [-0.1, -0.05) is 17.9 Å². The van der Waals surface area contributed by atoms with Crippen molar-refractivity contribution in [2.45, 2.75) is 29.0 Å². The Morgan fingerprint density at radius 2 is 1.78 bits per heavy atom. The molecule has 0 atom stereocenters. The number of hydrogen-bond donors (Lipinski definition) is 3. The van der Waals surface area contributed by atoms with Crippen LogP contribution in [0.1, 0.15) is 18.4 Å². The Balaban J connectivity index is 1.93. The predicted molar refractivity (Wildman–Crippen MR) is 135 cm³/mol. The van der Waals surface area contributed by atoms with Gasteiger partial charge in [-0.2, -0.15) is 18.2 Å². The fourth-order valence-electron chi connectivity index (χ4n) is 3.76. The molecule has 14 heteroatoms. The Labute approximate surface area is 222 Å². The first kappa shape index (κ1) is 27.5. The third-order valence-corrected chi connectivity index (χ3v) is 6.26. The Morgan fingerprint density at radius 3 is 2.35 bits per heavy atom. The molecule has 0 spiro atoms. The number of aromatic nitrogens is 2. The van der Waals surface area contributed by atoms with Crippen molar-refractivity contribution in [2.75, 3.05) is 11.4 Å². The lowest BCUT2D eigenvalue weighted by Gasteiger charge is -2.28. The van der Waals surface area contributed by atoms with Gasteiger partial charge in [0.15, 0.2) is 9.35 Å². The molecule has 1 saturated carbocycles. The lowest BCUT2D eigenvalue weighted by molar-refractivity contribution is -0.168. The van der Waals surface area contributed by atoms with E-state index in [2.05, 4.69) is 54.7 Å². The van der Waals surface area contributed by atoms with Crippen LogP contribution in [0.5, 0.6) is 0 Å². The molecule has 0 N–H and O–H groups in total. The zero-order chi connectivity index (χ0) is 27.3. The normalized spacial score (nSPS) is 15.0. The molecule has 0 saturated heterocycles. The van der Waals surface area contributed by atoms with Crippen molar-refractivity contribution in [3.05, 3.63) is 64.1 Å². The maximum Gasteiger partial charge on any atom is 0.405 e. The first-order valence-corrected chi connectivity index (χ1v) is 11.8. The van der Waals surface area contributed by atoms with E-state index in [-0.39, 0.29) is 29.6 Å². The van der Waals surface area contributed by atoms with Crippen molar-refractivity contribution in [3.63, 3.8) is 0 Å². The first-order chi connectivity index (χ1) is 17.1. The largest absolute Gasteiger partial charge is 0.405 e. The maximum atomic E-state index is 15.0. The van der Waals surface area contributed by atoms with Crippen molar-refractivity contribution >= 4 is 60.3 Å². The second kappa shape index (κ2) is 9.67. The number of nitrogens with zero attached hydrogens (tertiary/aromatic N) is 3. The van der Waals surface area contributed by atoms with Crippen LogP contribution in [0.4, 0.5) is 42.2 Å². The van der Waals surface area contributed by atoms with Crippen molar-refractivity contribution in [2.24, 2.45) is 5.41 Å². The molecule has 1 heterocycles. The molecule has 1 aromatic heterocycles. The topological polar surface area (TPSA) is 38.1 Å². The minimum Gasteiger partial charge on any atom is -0.320 e. The third kappa shape index (κ3) is 5.53. The van der Waals surface area contributed by atoms with Crippen LogP contribution < -0.4 is 10.6 Å². The minimum atomic E-state index is -4.58. The van der Waals surface area contributed by atoms with Gasteiger partial charge in [-0.05, 0) is 43.2 Å². The number of hydrogen-bond acceptors (Lipinski definition) is 6. The Hall–Kier alpha value is -2.50. The number of rotatable bonds is 5. The molecule has 1 fully saturated rings. The number of halogens is 7.